The molecule has 0 N–H and O–H groups in total. The molecular formula is C13H9ClN2. The van der Waals surface area contributed by atoms with E-state index in [1.54, 1.807) is 12.3 Å². The van der Waals surface area contributed by atoms with Gasteiger partial charge in [-0.25, -0.2) is 0 Å². The van der Waals surface area contributed by atoms with Crippen LogP contribution in [0.3, 0.4) is 0 Å². The summed E-state index contributed by atoms with van der Waals surface area (Å²) in [5.74, 6) is 0. The summed E-state index contributed by atoms with van der Waals surface area (Å²) < 4.78 is 0. The van der Waals surface area contributed by atoms with Crippen LogP contribution in [0.4, 0.5) is 0 Å². The van der Waals surface area contributed by atoms with Gasteiger partial charge in [0, 0.05) is 11.8 Å². The number of rotatable bonds is 2. The third kappa shape index (κ3) is 2.21. The van der Waals surface area contributed by atoms with Crippen molar-refractivity contribution in [3.8, 4) is 17.2 Å². The van der Waals surface area contributed by atoms with Gasteiger partial charge in [-0.15, -0.1) is 0 Å². The Morgan fingerprint density at radius 3 is 2.62 bits per heavy atom. The van der Waals surface area contributed by atoms with E-state index >= 15 is 0 Å². The van der Waals surface area contributed by atoms with Gasteiger partial charge in [0.25, 0.3) is 0 Å². The van der Waals surface area contributed by atoms with Crippen LogP contribution in [0, 0.1) is 11.3 Å². The van der Waals surface area contributed by atoms with Crippen LogP contribution in [-0.4, -0.2) is 4.98 Å². The fourth-order valence-corrected chi connectivity index (χ4v) is 1.76. The largest absolute Gasteiger partial charge is 0.259 e. The SMILES string of the molecule is N#CCc1cc(Cl)c(-c2ccccc2)cn1. The number of hydrogen-bond donors (Lipinski definition) is 0. The lowest BCUT2D eigenvalue weighted by atomic mass is 10.1. The zero-order valence-corrected chi connectivity index (χ0v) is 9.28. The van der Waals surface area contributed by atoms with E-state index in [0.717, 1.165) is 11.1 Å². The normalized spacial score (nSPS) is 9.75. The van der Waals surface area contributed by atoms with Crippen LogP contribution in [0.2, 0.25) is 5.02 Å². The Hall–Kier alpha value is -1.85. The molecule has 0 radical (unpaired) electrons. The van der Waals surface area contributed by atoms with Crippen LogP contribution in [0.15, 0.2) is 42.6 Å². The monoisotopic (exact) mass is 228 g/mol. The summed E-state index contributed by atoms with van der Waals surface area (Å²) in [6.45, 7) is 0. The van der Waals surface area contributed by atoms with E-state index < -0.39 is 0 Å². The van der Waals surface area contributed by atoms with Crippen molar-refractivity contribution in [1.82, 2.24) is 4.98 Å². The maximum absolute atomic E-state index is 8.56. The van der Waals surface area contributed by atoms with E-state index in [-0.39, 0.29) is 6.42 Å². The lowest BCUT2D eigenvalue weighted by Crippen LogP contribution is -1.89. The molecule has 0 spiro atoms. The van der Waals surface area contributed by atoms with Crippen LogP contribution in [0.5, 0.6) is 0 Å². The average molecular weight is 229 g/mol. The molecule has 1 heterocycles. The minimum atomic E-state index is 0.286. The second-order valence-electron chi connectivity index (χ2n) is 3.36. The Morgan fingerprint density at radius 2 is 2.00 bits per heavy atom. The molecule has 0 amide bonds. The van der Waals surface area contributed by atoms with Crippen molar-refractivity contribution in [2.45, 2.75) is 6.42 Å². The van der Waals surface area contributed by atoms with Gasteiger partial charge in [0.05, 0.1) is 23.2 Å². The molecule has 0 saturated carbocycles. The van der Waals surface area contributed by atoms with E-state index in [1.165, 1.54) is 0 Å². The molecule has 2 nitrogen and oxygen atoms in total. The van der Waals surface area contributed by atoms with Crippen molar-refractivity contribution >= 4 is 11.6 Å². The molecule has 0 fully saturated rings. The first kappa shape index (κ1) is 10.7. The molecular weight excluding hydrogens is 220 g/mol. The van der Waals surface area contributed by atoms with Crippen molar-refractivity contribution in [2.24, 2.45) is 0 Å². The highest BCUT2D eigenvalue weighted by molar-refractivity contribution is 6.33. The molecule has 0 aliphatic carbocycles. The van der Waals surface area contributed by atoms with Crippen molar-refractivity contribution in [2.75, 3.05) is 0 Å². The summed E-state index contributed by atoms with van der Waals surface area (Å²) in [7, 11) is 0. The highest BCUT2D eigenvalue weighted by atomic mass is 35.5. The summed E-state index contributed by atoms with van der Waals surface area (Å²) in [5, 5.41) is 9.19. The first-order chi connectivity index (χ1) is 7.81. The Balaban J connectivity index is 2.41. The smallest absolute Gasteiger partial charge is 0.0775 e. The van der Waals surface area contributed by atoms with Gasteiger partial charge in [-0.05, 0) is 11.6 Å². The third-order valence-electron chi connectivity index (χ3n) is 2.26. The van der Waals surface area contributed by atoms with Crippen LogP contribution in [-0.2, 0) is 6.42 Å². The molecule has 2 rings (SSSR count). The molecule has 3 heteroatoms. The first-order valence-electron chi connectivity index (χ1n) is 4.88. The topological polar surface area (TPSA) is 36.7 Å². The van der Waals surface area contributed by atoms with Gasteiger partial charge in [-0.3, -0.25) is 4.98 Å². The minimum Gasteiger partial charge on any atom is -0.259 e. The summed E-state index contributed by atoms with van der Waals surface area (Å²) in [6.07, 6.45) is 2.00. The zero-order valence-electron chi connectivity index (χ0n) is 8.52. The van der Waals surface area contributed by atoms with Gasteiger partial charge in [-0.1, -0.05) is 41.9 Å². The quantitative estimate of drug-likeness (QED) is 0.789. The van der Waals surface area contributed by atoms with Crippen LogP contribution in [0.1, 0.15) is 5.69 Å². The maximum atomic E-state index is 8.56. The second-order valence-corrected chi connectivity index (χ2v) is 3.76. The molecule has 0 atom stereocenters. The van der Waals surface area contributed by atoms with Gasteiger partial charge in [0.1, 0.15) is 0 Å². The van der Waals surface area contributed by atoms with Gasteiger partial charge < -0.3 is 0 Å². The van der Waals surface area contributed by atoms with Crippen molar-refractivity contribution in [3.05, 3.63) is 53.3 Å². The summed E-state index contributed by atoms with van der Waals surface area (Å²) in [6, 6.07) is 13.6. The van der Waals surface area contributed by atoms with E-state index in [4.69, 9.17) is 16.9 Å². The molecule has 0 saturated heterocycles. The maximum Gasteiger partial charge on any atom is 0.0775 e. The number of benzene rings is 1. The van der Waals surface area contributed by atoms with Crippen LogP contribution in [0.25, 0.3) is 11.1 Å². The standard InChI is InChI=1S/C13H9ClN2/c14-13-8-11(6-7-15)16-9-12(13)10-4-2-1-3-5-10/h1-5,8-9H,6H2. The van der Waals surface area contributed by atoms with Crippen molar-refractivity contribution < 1.29 is 0 Å². The Labute approximate surface area is 99.1 Å². The molecule has 1 aromatic heterocycles. The number of halogens is 1. The Bertz CT molecular complexity index is 529. The number of aromatic nitrogens is 1. The Morgan fingerprint density at radius 1 is 1.25 bits per heavy atom. The predicted molar refractivity (Wildman–Crippen MR) is 64.0 cm³/mol. The number of hydrogen-bond acceptors (Lipinski definition) is 2. The number of nitrogens with zero attached hydrogens (tertiary/aromatic N) is 2. The van der Waals surface area contributed by atoms with Crippen molar-refractivity contribution in [3.63, 3.8) is 0 Å². The van der Waals surface area contributed by atoms with Crippen molar-refractivity contribution in [1.29, 1.82) is 5.26 Å². The number of nitriles is 1. The van der Waals surface area contributed by atoms with Gasteiger partial charge in [0.15, 0.2) is 0 Å². The molecule has 16 heavy (non-hydrogen) atoms. The minimum absolute atomic E-state index is 0.286. The van der Waals surface area contributed by atoms with Crippen LogP contribution >= 0.6 is 11.6 Å². The van der Waals surface area contributed by atoms with Gasteiger partial charge >= 0.3 is 0 Å². The highest BCUT2D eigenvalue weighted by Crippen LogP contribution is 2.27. The van der Waals surface area contributed by atoms with Gasteiger partial charge in [-0.2, -0.15) is 5.26 Å². The predicted octanol–water partition coefficient (Wildman–Crippen LogP) is 3.47. The lowest BCUT2D eigenvalue weighted by molar-refractivity contribution is 1.12. The second kappa shape index (κ2) is 4.78. The average Bonchev–Trinajstić information content (AvgIpc) is 2.31. The summed E-state index contributed by atoms with van der Waals surface area (Å²) in [5.41, 5.74) is 2.62. The van der Waals surface area contributed by atoms with E-state index in [2.05, 4.69) is 4.98 Å². The molecule has 0 aliphatic rings. The molecule has 0 bridgehead atoms. The van der Waals surface area contributed by atoms with Gasteiger partial charge in [0.2, 0.25) is 0 Å². The van der Waals surface area contributed by atoms with E-state index in [1.807, 2.05) is 36.4 Å². The molecule has 0 unspecified atom stereocenters. The third-order valence-corrected chi connectivity index (χ3v) is 2.57. The van der Waals surface area contributed by atoms with Crippen LogP contribution < -0.4 is 0 Å². The van der Waals surface area contributed by atoms with E-state index in [9.17, 15) is 0 Å². The molecule has 78 valence electrons. The zero-order chi connectivity index (χ0) is 11.4. The summed E-state index contributed by atoms with van der Waals surface area (Å²) >= 11 is 6.15. The molecule has 0 aliphatic heterocycles. The molecule has 2 aromatic rings. The Kier molecular flexibility index (Phi) is 3.19. The van der Waals surface area contributed by atoms with E-state index in [0.29, 0.717) is 10.7 Å². The fraction of sp³-hybridized carbons (Fsp3) is 0.0769. The molecule has 1 aromatic carbocycles. The summed E-state index contributed by atoms with van der Waals surface area (Å²) in [4.78, 5) is 4.20. The first-order valence-corrected chi connectivity index (χ1v) is 5.26. The fourth-order valence-electron chi connectivity index (χ4n) is 1.48. The lowest BCUT2D eigenvalue weighted by Gasteiger charge is -2.04. The number of pyridine rings is 1. The highest BCUT2D eigenvalue weighted by Gasteiger charge is 2.04.